The fourth-order valence-corrected chi connectivity index (χ4v) is 3.92. The molecule has 4 rings (SSSR count). The molecule has 2 aromatic heterocycles. The second kappa shape index (κ2) is 6.56. The fraction of sp³-hybridized carbons (Fsp3) is 0.450. The van der Waals surface area contributed by atoms with E-state index in [-0.39, 0.29) is 0 Å². The highest BCUT2D eigenvalue weighted by atomic mass is 15.3. The molecular formula is C20H25N5. The third kappa shape index (κ3) is 3.29. The van der Waals surface area contributed by atoms with E-state index in [1.54, 1.807) is 0 Å². The number of aryl methyl sites for hydroxylation is 3. The summed E-state index contributed by atoms with van der Waals surface area (Å²) < 4.78 is 2.14. The van der Waals surface area contributed by atoms with Crippen LogP contribution in [0.25, 0.3) is 10.9 Å². The number of hydrogen-bond acceptors (Lipinski definition) is 4. The van der Waals surface area contributed by atoms with Crippen LogP contribution in [0.4, 0.5) is 0 Å². The van der Waals surface area contributed by atoms with Gasteiger partial charge < -0.3 is 0 Å². The van der Waals surface area contributed by atoms with Gasteiger partial charge in [-0.05, 0) is 52.3 Å². The van der Waals surface area contributed by atoms with E-state index in [1.807, 2.05) is 12.1 Å². The fourth-order valence-electron chi connectivity index (χ4n) is 3.92. The molecule has 1 aliphatic heterocycles. The Morgan fingerprint density at radius 3 is 2.76 bits per heavy atom. The molecule has 1 saturated heterocycles. The Hall–Kier alpha value is -2.27. The van der Waals surface area contributed by atoms with Gasteiger partial charge in [0.2, 0.25) is 0 Å². The van der Waals surface area contributed by atoms with Crippen LogP contribution in [0.15, 0.2) is 30.3 Å². The van der Waals surface area contributed by atoms with Crippen LogP contribution in [0.3, 0.4) is 0 Å². The number of likely N-dealkylation sites (tertiary alicyclic amines) is 1. The molecule has 1 fully saturated rings. The number of hydrogen-bond donors (Lipinski definition) is 0. The number of benzene rings is 1. The molecule has 1 aliphatic rings. The van der Waals surface area contributed by atoms with Gasteiger partial charge >= 0.3 is 0 Å². The minimum atomic E-state index is 0.508. The summed E-state index contributed by atoms with van der Waals surface area (Å²) in [6, 6.07) is 10.9. The van der Waals surface area contributed by atoms with Crippen molar-refractivity contribution in [1.29, 1.82) is 0 Å². The van der Waals surface area contributed by atoms with Crippen molar-refractivity contribution >= 4 is 10.9 Å². The van der Waals surface area contributed by atoms with Crippen LogP contribution in [-0.4, -0.2) is 37.2 Å². The average molecular weight is 335 g/mol. The molecule has 0 aliphatic carbocycles. The Balaban J connectivity index is 1.54. The number of para-hydroxylation sites is 1. The summed E-state index contributed by atoms with van der Waals surface area (Å²) in [5, 5.41) is 5.77. The third-order valence-corrected chi connectivity index (χ3v) is 5.17. The van der Waals surface area contributed by atoms with E-state index in [1.165, 1.54) is 18.5 Å². The van der Waals surface area contributed by atoms with Crippen molar-refractivity contribution in [3.63, 3.8) is 0 Å². The van der Waals surface area contributed by atoms with E-state index in [0.717, 1.165) is 47.7 Å². The molecule has 0 bridgehead atoms. The van der Waals surface area contributed by atoms with Crippen LogP contribution in [0.5, 0.6) is 0 Å². The standard InChI is InChI=1S/C20H25N5/c1-14-11-15(2)25(23-14)12-17-7-6-10-24(17)13-20-21-16(3)18-8-4-5-9-19(18)22-20/h4-5,8-9,11,17H,6-7,10,12-13H2,1-3H3. The predicted molar refractivity (Wildman–Crippen MR) is 99.4 cm³/mol. The zero-order chi connectivity index (χ0) is 17.4. The lowest BCUT2D eigenvalue weighted by Gasteiger charge is -2.24. The molecule has 3 heterocycles. The maximum Gasteiger partial charge on any atom is 0.143 e. The minimum absolute atomic E-state index is 0.508. The predicted octanol–water partition coefficient (Wildman–Crippen LogP) is 3.42. The van der Waals surface area contributed by atoms with Crippen LogP contribution < -0.4 is 0 Å². The average Bonchev–Trinajstić information content (AvgIpc) is 3.14. The summed E-state index contributed by atoms with van der Waals surface area (Å²) in [6.07, 6.45) is 2.45. The second-order valence-corrected chi connectivity index (χ2v) is 7.12. The van der Waals surface area contributed by atoms with Gasteiger partial charge in [0.15, 0.2) is 0 Å². The number of aromatic nitrogens is 4. The van der Waals surface area contributed by atoms with Crippen molar-refractivity contribution in [1.82, 2.24) is 24.6 Å². The zero-order valence-electron chi connectivity index (χ0n) is 15.2. The molecule has 0 saturated carbocycles. The van der Waals surface area contributed by atoms with Gasteiger partial charge in [0, 0.05) is 22.8 Å². The van der Waals surface area contributed by atoms with Crippen LogP contribution in [-0.2, 0) is 13.1 Å². The van der Waals surface area contributed by atoms with Crippen LogP contribution in [0.1, 0.15) is 35.7 Å². The first-order chi connectivity index (χ1) is 12.1. The van der Waals surface area contributed by atoms with E-state index in [4.69, 9.17) is 9.97 Å². The first kappa shape index (κ1) is 16.2. The van der Waals surface area contributed by atoms with Crippen LogP contribution in [0.2, 0.25) is 0 Å². The molecule has 1 aromatic carbocycles. The summed E-state index contributed by atoms with van der Waals surface area (Å²) in [6.45, 7) is 9.14. The van der Waals surface area contributed by atoms with Crippen LogP contribution >= 0.6 is 0 Å². The Morgan fingerprint density at radius 1 is 1.12 bits per heavy atom. The first-order valence-corrected chi connectivity index (χ1v) is 9.07. The third-order valence-electron chi connectivity index (χ3n) is 5.17. The number of rotatable bonds is 4. The minimum Gasteiger partial charge on any atom is -0.291 e. The lowest BCUT2D eigenvalue weighted by atomic mass is 10.2. The van der Waals surface area contributed by atoms with Gasteiger partial charge in [0.1, 0.15) is 5.82 Å². The largest absolute Gasteiger partial charge is 0.291 e. The Bertz CT molecular complexity index is 898. The molecule has 1 atom stereocenters. The Morgan fingerprint density at radius 2 is 1.96 bits per heavy atom. The molecule has 1 unspecified atom stereocenters. The summed E-state index contributed by atoms with van der Waals surface area (Å²) in [5.74, 6) is 0.927. The van der Waals surface area contributed by atoms with Gasteiger partial charge in [-0.15, -0.1) is 0 Å². The molecule has 5 heteroatoms. The van der Waals surface area contributed by atoms with Crippen molar-refractivity contribution in [3.05, 3.63) is 53.2 Å². The second-order valence-electron chi connectivity index (χ2n) is 7.12. The van der Waals surface area contributed by atoms with Crippen molar-refractivity contribution in [3.8, 4) is 0 Å². The van der Waals surface area contributed by atoms with Crippen molar-refractivity contribution in [2.45, 2.75) is 52.7 Å². The summed E-state index contributed by atoms with van der Waals surface area (Å²) in [7, 11) is 0. The smallest absolute Gasteiger partial charge is 0.143 e. The zero-order valence-corrected chi connectivity index (χ0v) is 15.2. The normalized spacial score (nSPS) is 18.3. The molecular weight excluding hydrogens is 310 g/mol. The van der Waals surface area contributed by atoms with Gasteiger partial charge in [0.25, 0.3) is 0 Å². The van der Waals surface area contributed by atoms with E-state index in [9.17, 15) is 0 Å². The monoisotopic (exact) mass is 335 g/mol. The highest BCUT2D eigenvalue weighted by Crippen LogP contribution is 2.22. The molecule has 5 nitrogen and oxygen atoms in total. The molecule has 0 radical (unpaired) electrons. The van der Waals surface area contributed by atoms with Crippen molar-refractivity contribution in [2.75, 3.05) is 6.54 Å². The van der Waals surface area contributed by atoms with Crippen molar-refractivity contribution < 1.29 is 0 Å². The molecule has 25 heavy (non-hydrogen) atoms. The van der Waals surface area contributed by atoms with E-state index >= 15 is 0 Å². The van der Waals surface area contributed by atoms with Crippen LogP contribution in [0, 0.1) is 20.8 Å². The number of fused-ring (bicyclic) bond motifs is 1. The maximum atomic E-state index is 4.79. The Labute approximate surface area is 148 Å². The number of nitrogens with zero attached hydrogens (tertiary/aromatic N) is 5. The van der Waals surface area contributed by atoms with E-state index in [2.05, 4.69) is 53.7 Å². The Kier molecular flexibility index (Phi) is 4.25. The lowest BCUT2D eigenvalue weighted by molar-refractivity contribution is 0.213. The molecule has 0 amide bonds. The molecule has 3 aromatic rings. The topological polar surface area (TPSA) is 46.8 Å². The SMILES string of the molecule is Cc1cc(C)n(CC2CCCN2Cc2nc(C)c3ccccc3n2)n1. The van der Waals surface area contributed by atoms with E-state index in [0.29, 0.717) is 6.04 Å². The van der Waals surface area contributed by atoms with Gasteiger partial charge in [0.05, 0.1) is 24.3 Å². The molecule has 130 valence electrons. The van der Waals surface area contributed by atoms with Gasteiger partial charge in [-0.25, -0.2) is 9.97 Å². The van der Waals surface area contributed by atoms with E-state index < -0.39 is 0 Å². The lowest BCUT2D eigenvalue weighted by Crippen LogP contribution is -2.33. The maximum absolute atomic E-state index is 4.79. The molecule has 0 N–H and O–H groups in total. The van der Waals surface area contributed by atoms with Gasteiger partial charge in [-0.3, -0.25) is 9.58 Å². The summed E-state index contributed by atoms with van der Waals surface area (Å²) in [5.41, 5.74) is 4.44. The molecule has 0 spiro atoms. The first-order valence-electron chi connectivity index (χ1n) is 9.07. The van der Waals surface area contributed by atoms with Gasteiger partial charge in [-0.1, -0.05) is 18.2 Å². The van der Waals surface area contributed by atoms with Crippen molar-refractivity contribution in [2.24, 2.45) is 0 Å². The highest BCUT2D eigenvalue weighted by molar-refractivity contribution is 5.80. The summed E-state index contributed by atoms with van der Waals surface area (Å²) in [4.78, 5) is 12.1. The summed E-state index contributed by atoms with van der Waals surface area (Å²) >= 11 is 0. The van der Waals surface area contributed by atoms with Gasteiger partial charge in [-0.2, -0.15) is 5.10 Å². The highest BCUT2D eigenvalue weighted by Gasteiger charge is 2.26. The quantitative estimate of drug-likeness (QED) is 0.733.